The maximum Gasteiger partial charge on any atom is 0.0991 e. The maximum absolute atomic E-state index is 8.81. The van der Waals surface area contributed by atoms with Gasteiger partial charge in [-0.15, -0.1) is 0 Å². The lowest BCUT2D eigenvalue weighted by Crippen LogP contribution is -1.99. The minimum Gasteiger partial charge on any atom is -0.381 e. The molecule has 0 unspecified atom stereocenters. The number of benzene rings is 3. The molecule has 0 atom stereocenters. The van der Waals surface area contributed by atoms with E-state index in [1.807, 2.05) is 24.3 Å². The van der Waals surface area contributed by atoms with E-state index in [4.69, 9.17) is 5.26 Å². The summed E-state index contributed by atoms with van der Waals surface area (Å²) in [7, 11) is 0. The third-order valence-electron chi connectivity index (χ3n) is 4.48. The van der Waals surface area contributed by atoms with E-state index in [0.717, 1.165) is 30.0 Å². The zero-order valence-electron chi connectivity index (χ0n) is 16.1. The summed E-state index contributed by atoms with van der Waals surface area (Å²) in [6, 6.07) is 25.8. The average Bonchev–Trinajstić information content (AvgIpc) is 2.76. The van der Waals surface area contributed by atoms with E-state index in [0.29, 0.717) is 5.56 Å². The molecule has 1 N–H and O–H groups in total. The molecule has 0 saturated heterocycles. The SMILES string of the molecule is CCCCc1ccc(CNc2ccc(N=Nc3ccc(C#N)cc3)cc2)cc1. The number of nitriles is 1. The molecule has 4 heteroatoms. The van der Waals surface area contributed by atoms with Crippen molar-refractivity contribution in [1.82, 2.24) is 0 Å². The molecule has 3 aromatic carbocycles. The Balaban J connectivity index is 1.52. The third-order valence-corrected chi connectivity index (χ3v) is 4.48. The highest BCUT2D eigenvalue weighted by molar-refractivity contribution is 5.51. The standard InChI is InChI=1S/C24H24N4/c1-2-3-4-19-5-7-21(8-6-19)18-26-22-13-15-24(16-14-22)28-27-23-11-9-20(17-25)10-12-23/h5-16,26H,2-4,18H2,1H3. The van der Waals surface area contributed by atoms with Crippen LogP contribution in [0.4, 0.5) is 17.1 Å². The Kier molecular flexibility index (Phi) is 6.92. The lowest BCUT2D eigenvalue weighted by molar-refractivity contribution is 0.794. The van der Waals surface area contributed by atoms with Crippen molar-refractivity contribution in [3.63, 3.8) is 0 Å². The molecule has 4 nitrogen and oxygen atoms in total. The van der Waals surface area contributed by atoms with Crippen molar-refractivity contribution in [3.8, 4) is 6.07 Å². The van der Waals surface area contributed by atoms with Gasteiger partial charge in [0.1, 0.15) is 0 Å². The fourth-order valence-electron chi connectivity index (χ4n) is 2.77. The summed E-state index contributed by atoms with van der Waals surface area (Å²) in [4.78, 5) is 0. The first kappa shape index (κ1) is 19.3. The largest absolute Gasteiger partial charge is 0.381 e. The van der Waals surface area contributed by atoms with Gasteiger partial charge in [-0.3, -0.25) is 0 Å². The van der Waals surface area contributed by atoms with Crippen LogP contribution in [0.1, 0.15) is 36.5 Å². The van der Waals surface area contributed by atoms with E-state index in [1.165, 1.54) is 24.0 Å². The Hall–Kier alpha value is -3.45. The van der Waals surface area contributed by atoms with Crippen molar-refractivity contribution in [1.29, 1.82) is 5.26 Å². The van der Waals surface area contributed by atoms with Gasteiger partial charge in [-0.1, -0.05) is 37.6 Å². The lowest BCUT2D eigenvalue weighted by atomic mass is 10.1. The molecule has 0 aliphatic carbocycles. The van der Waals surface area contributed by atoms with Gasteiger partial charge in [-0.25, -0.2) is 0 Å². The molecule has 3 rings (SSSR count). The molecule has 0 amide bonds. The number of hydrogen-bond acceptors (Lipinski definition) is 4. The quantitative estimate of drug-likeness (QED) is 0.438. The molecular weight excluding hydrogens is 344 g/mol. The fourth-order valence-corrected chi connectivity index (χ4v) is 2.77. The number of anilines is 1. The Morgan fingerprint density at radius 1 is 0.786 bits per heavy atom. The predicted octanol–water partition coefficient (Wildman–Crippen LogP) is 6.93. The van der Waals surface area contributed by atoms with Crippen LogP contribution in [0.15, 0.2) is 83.0 Å². The molecule has 3 aromatic rings. The minimum absolute atomic E-state index is 0.616. The summed E-state index contributed by atoms with van der Waals surface area (Å²) < 4.78 is 0. The second-order valence-electron chi connectivity index (χ2n) is 6.68. The second-order valence-corrected chi connectivity index (χ2v) is 6.68. The summed E-state index contributed by atoms with van der Waals surface area (Å²) in [5, 5.41) is 20.7. The molecule has 0 fully saturated rings. The van der Waals surface area contributed by atoms with E-state index in [1.54, 1.807) is 24.3 Å². The van der Waals surface area contributed by atoms with Gasteiger partial charge in [0, 0.05) is 12.2 Å². The van der Waals surface area contributed by atoms with Crippen LogP contribution in [-0.2, 0) is 13.0 Å². The van der Waals surface area contributed by atoms with E-state index in [2.05, 4.69) is 52.8 Å². The monoisotopic (exact) mass is 368 g/mol. The van der Waals surface area contributed by atoms with Gasteiger partial charge in [-0.05, 0) is 72.5 Å². The van der Waals surface area contributed by atoms with Crippen LogP contribution >= 0.6 is 0 Å². The van der Waals surface area contributed by atoms with Crippen LogP contribution in [-0.4, -0.2) is 0 Å². The van der Waals surface area contributed by atoms with Crippen molar-refractivity contribution < 1.29 is 0 Å². The number of azo groups is 1. The Morgan fingerprint density at radius 3 is 1.93 bits per heavy atom. The van der Waals surface area contributed by atoms with E-state index >= 15 is 0 Å². The normalized spacial score (nSPS) is 10.7. The molecule has 28 heavy (non-hydrogen) atoms. The highest BCUT2D eigenvalue weighted by Crippen LogP contribution is 2.21. The number of nitrogens with one attached hydrogen (secondary N) is 1. The second kappa shape index (κ2) is 10.0. The molecule has 0 radical (unpaired) electrons. The van der Waals surface area contributed by atoms with Gasteiger partial charge >= 0.3 is 0 Å². The molecule has 0 bridgehead atoms. The van der Waals surface area contributed by atoms with Crippen molar-refractivity contribution >= 4 is 17.1 Å². The van der Waals surface area contributed by atoms with E-state index < -0.39 is 0 Å². The minimum atomic E-state index is 0.616. The highest BCUT2D eigenvalue weighted by atomic mass is 15.1. The van der Waals surface area contributed by atoms with Crippen LogP contribution in [0.5, 0.6) is 0 Å². The highest BCUT2D eigenvalue weighted by Gasteiger charge is 1.98. The Morgan fingerprint density at radius 2 is 1.36 bits per heavy atom. The first-order chi connectivity index (χ1) is 13.8. The van der Waals surface area contributed by atoms with Gasteiger partial charge in [0.15, 0.2) is 0 Å². The van der Waals surface area contributed by atoms with Crippen LogP contribution in [0.25, 0.3) is 0 Å². The van der Waals surface area contributed by atoms with Gasteiger partial charge in [0.25, 0.3) is 0 Å². The summed E-state index contributed by atoms with van der Waals surface area (Å²) in [6.45, 7) is 3.01. The zero-order chi connectivity index (χ0) is 19.6. The van der Waals surface area contributed by atoms with Gasteiger partial charge < -0.3 is 5.32 Å². The van der Waals surface area contributed by atoms with Gasteiger partial charge in [0.2, 0.25) is 0 Å². The van der Waals surface area contributed by atoms with Crippen LogP contribution in [0.3, 0.4) is 0 Å². The van der Waals surface area contributed by atoms with Crippen LogP contribution in [0, 0.1) is 11.3 Å². The maximum atomic E-state index is 8.81. The number of unbranched alkanes of at least 4 members (excludes halogenated alkanes) is 1. The van der Waals surface area contributed by atoms with Crippen molar-refractivity contribution in [2.45, 2.75) is 32.7 Å². The Bertz CT molecular complexity index is 934. The summed E-state index contributed by atoms with van der Waals surface area (Å²) in [5.41, 5.74) is 5.85. The summed E-state index contributed by atoms with van der Waals surface area (Å²) >= 11 is 0. The molecule has 0 aliphatic heterocycles. The first-order valence-electron chi connectivity index (χ1n) is 9.60. The Labute approximate surface area is 166 Å². The molecule has 0 saturated carbocycles. The number of nitrogens with zero attached hydrogens (tertiary/aromatic N) is 3. The molecule has 0 aliphatic rings. The van der Waals surface area contributed by atoms with Crippen molar-refractivity contribution in [2.75, 3.05) is 5.32 Å². The average molecular weight is 368 g/mol. The summed E-state index contributed by atoms with van der Waals surface area (Å²) in [6.07, 6.45) is 3.63. The number of hydrogen-bond donors (Lipinski definition) is 1. The molecule has 0 spiro atoms. The van der Waals surface area contributed by atoms with E-state index in [-0.39, 0.29) is 0 Å². The fraction of sp³-hybridized carbons (Fsp3) is 0.208. The molecule has 0 aromatic heterocycles. The van der Waals surface area contributed by atoms with Gasteiger partial charge in [0.05, 0.1) is 23.0 Å². The lowest BCUT2D eigenvalue weighted by Gasteiger charge is -2.08. The molecule has 0 heterocycles. The zero-order valence-corrected chi connectivity index (χ0v) is 16.1. The number of aryl methyl sites for hydroxylation is 1. The van der Waals surface area contributed by atoms with Gasteiger partial charge in [-0.2, -0.15) is 15.5 Å². The van der Waals surface area contributed by atoms with Crippen LogP contribution < -0.4 is 5.32 Å². The molecular formula is C24H24N4. The van der Waals surface area contributed by atoms with Crippen molar-refractivity contribution in [2.24, 2.45) is 10.2 Å². The summed E-state index contributed by atoms with van der Waals surface area (Å²) in [5.74, 6) is 0. The number of rotatable bonds is 8. The smallest absolute Gasteiger partial charge is 0.0991 e. The predicted molar refractivity (Wildman–Crippen MR) is 114 cm³/mol. The molecule has 140 valence electrons. The first-order valence-corrected chi connectivity index (χ1v) is 9.60. The third kappa shape index (κ3) is 5.78. The van der Waals surface area contributed by atoms with E-state index in [9.17, 15) is 0 Å². The van der Waals surface area contributed by atoms with Crippen LogP contribution in [0.2, 0.25) is 0 Å². The topological polar surface area (TPSA) is 60.5 Å². The van der Waals surface area contributed by atoms with Crippen molar-refractivity contribution in [3.05, 3.63) is 89.5 Å².